The zero-order valence-electron chi connectivity index (χ0n) is 19.1. The number of aromatic hydroxyl groups is 1. The number of ether oxygens (including phenoxy) is 1. The Hall–Kier alpha value is -4.53. The molecule has 1 unspecified atom stereocenters. The van der Waals surface area contributed by atoms with Gasteiger partial charge >= 0.3 is 0 Å². The zero-order chi connectivity index (χ0) is 24.7. The molecule has 4 heterocycles. The van der Waals surface area contributed by atoms with E-state index in [0.29, 0.717) is 35.0 Å². The minimum absolute atomic E-state index is 0.00992. The van der Waals surface area contributed by atoms with Crippen molar-refractivity contribution < 1.29 is 29.0 Å². The molecule has 1 saturated heterocycles. The number of furan rings is 1. The number of amides is 1. The molecule has 3 aromatic heterocycles. The van der Waals surface area contributed by atoms with Gasteiger partial charge in [-0.05, 0) is 55.8 Å². The maximum atomic E-state index is 13.3. The van der Waals surface area contributed by atoms with Crippen LogP contribution in [0.4, 0.5) is 0 Å². The smallest absolute Gasteiger partial charge is 0.296 e. The molecule has 0 bridgehead atoms. The highest BCUT2D eigenvalue weighted by Gasteiger charge is 2.47. The molecule has 0 aliphatic carbocycles. The maximum absolute atomic E-state index is 13.3. The third-order valence-corrected chi connectivity index (χ3v) is 5.97. The molecule has 1 amide bonds. The van der Waals surface area contributed by atoms with Crippen LogP contribution < -0.4 is 4.74 Å². The topological polar surface area (TPSA) is 118 Å². The quantitative estimate of drug-likeness (QED) is 0.247. The lowest BCUT2D eigenvalue weighted by atomic mass is 9.96. The van der Waals surface area contributed by atoms with E-state index in [1.165, 1.54) is 17.2 Å². The summed E-state index contributed by atoms with van der Waals surface area (Å²) in [5, 5.41) is 21.7. The highest BCUT2D eigenvalue weighted by Crippen LogP contribution is 2.43. The number of aromatic nitrogens is 2. The molecule has 178 valence electrons. The Morgan fingerprint density at radius 2 is 2.00 bits per heavy atom. The summed E-state index contributed by atoms with van der Waals surface area (Å²) in [4.78, 5) is 32.4. The fourth-order valence-corrected chi connectivity index (χ4v) is 4.46. The van der Waals surface area contributed by atoms with Gasteiger partial charge in [-0.2, -0.15) is 0 Å². The minimum atomic E-state index is -0.950. The number of likely N-dealkylation sites (tertiary alicyclic amines) is 1. The summed E-state index contributed by atoms with van der Waals surface area (Å²) in [5.74, 6) is -1.32. The Bertz CT molecular complexity index is 1470. The number of benzene rings is 1. The molecule has 1 aliphatic rings. The summed E-state index contributed by atoms with van der Waals surface area (Å²) < 4.78 is 12.6. The minimum Gasteiger partial charge on any atom is -0.505 e. The van der Waals surface area contributed by atoms with Crippen LogP contribution in [0.25, 0.3) is 11.4 Å². The third kappa shape index (κ3) is 3.71. The molecule has 9 heteroatoms. The first-order valence-corrected chi connectivity index (χ1v) is 11.1. The van der Waals surface area contributed by atoms with Crippen molar-refractivity contribution in [2.24, 2.45) is 0 Å². The molecule has 0 saturated carbocycles. The van der Waals surface area contributed by atoms with Crippen molar-refractivity contribution in [2.45, 2.75) is 26.4 Å². The number of Topliss-reactive ketones (excluding diaryl/α,β-unsaturated/α-hetero) is 1. The number of pyridine rings is 1. The van der Waals surface area contributed by atoms with E-state index in [4.69, 9.17) is 9.15 Å². The van der Waals surface area contributed by atoms with E-state index in [9.17, 15) is 19.8 Å². The Morgan fingerprint density at radius 1 is 1.17 bits per heavy atom. The van der Waals surface area contributed by atoms with Gasteiger partial charge in [-0.15, -0.1) is 0 Å². The summed E-state index contributed by atoms with van der Waals surface area (Å²) in [5.41, 5.74) is 1.83. The Morgan fingerprint density at radius 3 is 2.74 bits per heavy atom. The number of hydrogen-bond donors (Lipinski definition) is 2. The van der Waals surface area contributed by atoms with Crippen molar-refractivity contribution in [1.29, 1.82) is 0 Å². The van der Waals surface area contributed by atoms with E-state index < -0.39 is 17.7 Å². The van der Waals surface area contributed by atoms with Crippen molar-refractivity contribution in [2.75, 3.05) is 6.61 Å². The fraction of sp³-hybridized carbons (Fsp3) is 0.192. The van der Waals surface area contributed by atoms with Crippen LogP contribution in [0.5, 0.6) is 11.5 Å². The van der Waals surface area contributed by atoms with Crippen molar-refractivity contribution in [3.63, 3.8) is 0 Å². The van der Waals surface area contributed by atoms with E-state index >= 15 is 0 Å². The number of rotatable bonds is 6. The lowest BCUT2D eigenvalue weighted by Crippen LogP contribution is -2.29. The predicted octanol–water partition coefficient (Wildman–Crippen LogP) is 3.96. The van der Waals surface area contributed by atoms with Crippen LogP contribution in [0.2, 0.25) is 0 Å². The summed E-state index contributed by atoms with van der Waals surface area (Å²) in [6.07, 6.45) is 3.21. The summed E-state index contributed by atoms with van der Waals surface area (Å²) in [6.45, 7) is 3.83. The van der Waals surface area contributed by atoms with Gasteiger partial charge in [0.05, 0.1) is 36.7 Å². The number of hydrogen-bond acceptors (Lipinski definition) is 7. The van der Waals surface area contributed by atoms with Gasteiger partial charge in [0.2, 0.25) is 0 Å². The highest BCUT2D eigenvalue weighted by molar-refractivity contribution is 6.46. The number of fused-ring (bicyclic) bond motifs is 1. The van der Waals surface area contributed by atoms with Gasteiger partial charge in [0.25, 0.3) is 11.7 Å². The lowest BCUT2D eigenvalue weighted by molar-refractivity contribution is -0.140. The van der Waals surface area contributed by atoms with Crippen molar-refractivity contribution >= 4 is 23.1 Å². The Labute approximate surface area is 200 Å². The van der Waals surface area contributed by atoms with Crippen molar-refractivity contribution in [1.82, 2.24) is 14.3 Å². The summed E-state index contributed by atoms with van der Waals surface area (Å²) >= 11 is 0. The molecule has 2 N–H and O–H groups in total. The van der Waals surface area contributed by atoms with Crippen LogP contribution in [-0.2, 0) is 16.1 Å². The molecule has 35 heavy (non-hydrogen) atoms. The van der Waals surface area contributed by atoms with Crippen LogP contribution in [0, 0.1) is 6.92 Å². The Kier molecular flexibility index (Phi) is 5.52. The van der Waals surface area contributed by atoms with Crippen LogP contribution in [-0.4, -0.2) is 42.8 Å². The first-order valence-electron chi connectivity index (χ1n) is 11.1. The zero-order valence-corrected chi connectivity index (χ0v) is 19.1. The van der Waals surface area contributed by atoms with Crippen molar-refractivity contribution in [3.8, 4) is 11.5 Å². The van der Waals surface area contributed by atoms with Crippen LogP contribution >= 0.6 is 0 Å². The van der Waals surface area contributed by atoms with Crippen molar-refractivity contribution in [3.05, 3.63) is 89.3 Å². The largest absolute Gasteiger partial charge is 0.505 e. The highest BCUT2D eigenvalue weighted by atomic mass is 16.5. The molecule has 4 aromatic rings. The average molecular weight is 473 g/mol. The monoisotopic (exact) mass is 473 g/mol. The molecular weight excluding hydrogens is 450 g/mol. The molecule has 1 atom stereocenters. The summed E-state index contributed by atoms with van der Waals surface area (Å²) in [6, 6.07) is 12.4. The Balaban J connectivity index is 1.73. The third-order valence-electron chi connectivity index (χ3n) is 5.97. The van der Waals surface area contributed by atoms with Gasteiger partial charge in [0.15, 0.2) is 17.3 Å². The molecule has 1 fully saturated rings. The number of aliphatic hydroxyl groups is 1. The lowest BCUT2D eigenvalue weighted by Gasteiger charge is -2.25. The first kappa shape index (κ1) is 22.3. The number of phenols is 1. The number of phenolic OH excluding ortho intramolecular Hbond substituents is 1. The van der Waals surface area contributed by atoms with Gasteiger partial charge in [0, 0.05) is 6.20 Å². The second-order valence-corrected chi connectivity index (χ2v) is 8.14. The summed E-state index contributed by atoms with van der Waals surface area (Å²) in [7, 11) is 0. The van der Waals surface area contributed by atoms with E-state index in [0.717, 1.165) is 0 Å². The molecule has 0 spiro atoms. The van der Waals surface area contributed by atoms with Gasteiger partial charge in [-0.1, -0.05) is 12.1 Å². The number of carbonyl (C=O) groups excluding carboxylic acids is 2. The second kappa shape index (κ2) is 8.68. The number of ketones is 1. The maximum Gasteiger partial charge on any atom is 0.296 e. The molecular formula is C26H23N3O6. The number of carbonyl (C=O) groups is 2. The van der Waals surface area contributed by atoms with Gasteiger partial charge in [0.1, 0.15) is 17.1 Å². The first-order chi connectivity index (χ1) is 16.9. The van der Waals surface area contributed by atoms with Gasteiger partial charge in [-0.3, -0.25) is 14.0 Å². The van der Waals surface area contributed by atoms with E-state index in [2.05, 4.69) is 4.98 Å². The average Bonchev–Trinajstić information content (AvgIpc) is 3.53. The second-order valence-electron chi connectivity index (χ2n) is 8.14. The molecule has 1 aromatic carbocycles. The fourth-order valence-electron chi connectivity index (χ4n) is 4.46. The normalized spacial score (nSPS) is 17.4. The van der Waals surface area contributed by atoms with E-state index in [-0.39, 0.29) is 29.4 Å². The number of imidazole rings is 1. The number of aliphatic hydroxyl groups excluding tert-OH is 1. The molecule has 0 radical (unpaired) electrons. The van der Waals surface area contributed by atoms with Crippen LogP contribution in [0.3, 0.4) is 0 Å². The molecule has 5 rings (SSSR count). The molecule has 1 aliphatic heterocycles. The SMILES string of the molecule is CCOc1cc(C2/C(=C(\O)c3c(C)nc4ccccn34)C(=O)C(=O)N2Cc2ccco2)ccc1O. The predicted molar refractivity (Wildman–Crippen MR) is 126 cm³/mol. The molecule has 9 nitrogen and oxygen atoms in total. The van der Waals surface area contributed by atoms with E-state index in [1.807, 2.05) is 6.07 Å². The van der Waals surface area contributed by atoms with Crippen LogP contribution in [0.15, 0.2) is 71.0 Å². The van der Waals surface area contributed by atoms with Crippen LogP contribution in [0.1, 0.15) is 35.7 Å². The number of nitrogens with zero attached hydrogens (tertiary/aromatic N) is 3. The van der Waals surface area contributed by atoms with Gasteiger partial charge in [-0.25, -0.2) is 4.98 Å². The number of aryl methyl sites for hydroxylation is 1. The van der Waals surface area contributed by atoms with Gasteiger partial charge < -0.3 is 24.3 Å². The standard InChI is InChI=1S/C26H23N3O6/c1-3-34-19-13-16(9-10-18(19)30)23-21(25(32)26(33)29(23)14-17-7-6-12-35-17)24(31)22-15(2)27-20-8-4-5-11-28(20)22/h4-13,23,30-31H,3,14H2,1-2H3/b24-21+. The van der Waals surface area contributed by atoms with E-state index in [1.54, 1.807) is 60.8 Å².